The summed E-state index contributed by atoms with van der Waals surface area (Å²) in [5, 5.41) is 9.44. The van der Waals surface area contributed by atoms with Crippen LogP contribution in [0.3, 0.4) is 0 Å². The molecule has 0 aromatic carbocycles. The van der Waals surface area contributed by atoms with Gasteiger partial charge in [-0.2, -0.15) is 0 Å². The van der Waals surface area contributed by atoms with Gasteiger partial charge in [0, 0.05) is 11.4 Å². The molecule has 0 saturated heterocycles. The number of aliphatic hydroxyl groups is 1. The molecule has 1 heterocycles. The van der Waals surface area contributed by atoms with Crippen molar-refractivity contribution in [3.05, 3.63) is 17.0 Å². The van der Waals surface area contributed by atoms with E-state index in [1.807, 2.05) is 13.8 Å². The molecule has 0 fully saturated rings. The first-order chi connectivity index (χ1) is 7.45. The van der Waals surface area contributed by atoms with Crippen LogP contribution in [0.5, 0.6) is 0 Å². The summed E-state index contributed by atoms with van der Waals surface area (Å²) in [4.78, 5) is 0.953. The first-order valence-corrected chi connectivity index (χ1v) is 7.50. The summed E-state index contributed by atoms with van der Waals surface area (Å²) < 4.78 is 26.2. The largest absolute Gasteiger partial charge is 0.392 e. The van der Waals surface area contributed by atoms with Gasteiger partial charge in [-0.15, -0.1) is 11.3 Å². The molecule has 1 unspecified atom stereocenters. The van der Waals surface area contributed by atoms with Crippen LogP contribution in [-0.4, -0.2) is 26.2 Å². The van der Waals surface area contributed by atoms with Crippen LogP contribution in [0.25, 0.3) is 0 Å². The van der Waals surface area contributed by atoms with Gasteiger partial charge in [-0.3, -0.25) is 0 Å². The summed E-state index contributed by atoms with van der Waals surface area (Å²) in [7, 11) is -3.44. The summed E-state index contributed by atoms with van der Waals surface area (Å²) in [6.45, 7) is 3.88. The Bertz CT molecular complexity index is 425. The van der Waals surface area contributed by atoms with Crippen molar-refractivity contribution >= 4 is 21.4 Å². The van der Waals surface area contributed by atoms with Crippen LogP contribution in [0.15, 0.2) is 16.3 Å². The second-order valence-corrected chi connectivity index (χ2v) is 6.94. The van der Waals surface area contributed by atoms with Gasteiger partial charge in [-0.05, 0) is 25.5 Å². The summed E-state index contributed by atoms with van der Waals surface area (Å²) >= 11 is 1.23. The summed E-state index contributed by atoms with van der Waals surface area (Å²) in [5.41, 5.74) is 0. The fraction of sp³-hybridized carbons (Fsp3) is 0.600. The smallest absolute Gasteiger partial charge is 0.250 e. The Labute approximate surface area is 100 Å². The average molecular weight is 263 g/mol. The predicted molar refractivity (Wildman–Crippen MR) is 65.2 cm³/mol. The molecular formula is C10H17NO3S2. The minimum atomic E-state index is -3.44. The minimum absolute atomic E-state index is 0.0765. The molecule has 1 aromatic heterocycles. The van der Waals surface area contributed by atoms with Crippen LogP contribution in [0.1, 0.15) is 24.6 Å². The molecule has 2 N–H and O–H groups in total. The highest BCUT2D eigenvalue weighted by Crippen LogP contribution is 2.20. The van der Waals surface area contributed by atoms with Gasteiger partial charge in [0.2, 0.25) is 10.0 Å². The van der Waals surface area contributed by atoms with Gasteiger partial charge in [0.1, 0.15) is 4.21 Å². The highest BCUT2D eigenvalue weighted by Gasteiger charge is 2.17. The first-order valence-electron chi connectivity index (χ1n) is 5.20. The Kier molecular flexibility index (Phi) is 4.91. The van der Waals surface area contributed by atoms with Crippen molar-refractivity contribution in [2.75, 3.05) is 6.54 Å². The minimum Gasteiger partial charge on any atom is -0.392 e. The topological polar surface area (TPSA) is 66.4 Å². The maximum Gasteiger partial charge on any atom is 0.250 e. The molecule has 4 nitrogen and oxygen atoms in total. The molecular weight excluding hydrogens is 246 g/mol. The highest BCUT2D eigenvalue weighted by atomic mass is 32.2. The van der Waals surface area contributed by atoms with Gasteiger partial charge in [0.15, 0.2) is 0 Å². The van der Waals surface area contributed by atoms with E-state index in [1.54, 1.807) is 12.1 Å². The van der Waals surface area contributed by atoms with E-state index in [4.69, 9.17) is 0 Å². The third-order valence-corrected chi connectivity index (χ3v) is 5.03. The maximum atomic E-state index is 11.7. The van der Waals surface area contributed by atoms with Crippen molar-refractivity contribution in [1.29, 1.82) is 0 Å². The van der Waals surface area contributed by atoms with E-state index in [1.165, 1.54) is 11.3 Å². The van der Waals surface area contributed by atoms with Gasteiger partial charge < -0.3 is 5.11 Å². The molecule has 0 saturated carbocycles. The number of aryl methyl sites for hydroxylation is 1. The van der Waals surface area contributed by atoms with Gasteiger partial charge in [-0.1, -0.05) is 13.3 Å². The molecule has 0 aliphatic rings. The zero-order valence-corrected chi connectivity index (χ0v) is 11.1. The number of aliphatic hydroxyl groups excluding tert-OH is 1. The zero-order valence-electron chi connectivity index (χ0n) is 9.43. The maximum absolute atomic E-state index is 11.7. The number of hydrogen-bond acceptors (Lipinski definition) is 4. The SMILES string of the molecule is CCCC(O)CNS(=O)(=O)c1ccc(C)s1. The van der Waals surface area contributed by atoms with Gasteiger partial charge >= 0.3 is 0 Å². The second kappa shape index (κ2) is 5.77. The van der Waals surface area contributed by atoms with E-state index in [9.17, 15) is 13.5 Å². The van der Waals surface area contributed by atoms with Crippen LogP contribution in [0.4, 0.5) is 0 Å². The second-order valence-electron chi connectivity index (χ2n) is 3.66. The molecule has 1 rings (SSSR count). The number of hydrogen-bond donors (Lipinski definition) is 2. The van der Waals surface area contributed by atoms with Crippen molar-refractivity contribution in [3.8, 4) is 0 Å². The summed E-state index contributed by atoms with van der Waals surface area (Å²) in [6, 6.07) is 3.34. The molecule has 0 radical (unpaired) electrons. The molecule has 16 heavy (non-hydrogen) atoms. The Hall–Kier alpha value is -0.430. The van der Waals surface area contributed by atoms with Gasteiger partial charge in [-0.25, -0.2) is 13.1 Å². The zero-order chi connectivity index (χ0) is 12.2. The number of thiophene rings is 1. The monoisotopic (exact) mass is 263 g/mol. The highest BCUT2D eigenvalue weighted by molar-refractivity contribution is 7.91. The lowest BCUT2D eigenvalue weighted by molar-refractivity contribution is 0.167. The Morgan fingerprint density at radius 3 is 2.69 bits per heavy atom. The van der Waals surface area contributed by atoms with Crippen molar-refractivity contribution in [2.24, 2.45) is 0 Å². The van der Waals surface area contributed by atoms with Crippen LogP contribution < -0.4 is 4.72 Å². The molecule has 0 spiro atoms. The molecule has 0 aliphatic heterocycles. The van der Waals surface area contributed by atoms with E-state index in [2.05, 4.69) is 4.72 Å². The average Bonchev–Trinajstić information content (AvgIpc) is 2.63. The molecule has 92 valence electrons. The van der Waals surface area contributed by atoms with E-state index >= 15 is 0 Å². The standard InChI is InChI=1S/C10H17NO3S2/c1-3-4-9(12)7-11-16(13,14)10-6-5-8(2)15-10/h5-6,9,11-12H,3-4,7H2,1-2H3. The van der Waals surface area contributed by atoms with Gasteiger partial charge in [0.05, 0.1) is 6.10 Å². The van der Waals surface area contributed by atoms with Crippen LogP contribution in [0, 0.1) is 6.92 Å². The predicted octanol–water partition coefficient (Wildman–Crippen LogP) is 1.50. The van der Waals surface area contributed by atoms with Crippen molar-refractivity contribution < 1.29 is 13.5 Å². The fourth-order valence-electron chi connectivity index (χ4n) is 1.27. The lowest BCUT2D eigenvalue weighted by Gasteiger charge is -2.10. The van der Waals surface area contributed by atoms with Gasteiger partial charge in [0.25, 0.3) is 0 Å². The fourth-order valence-corrected chi connectivity index (χ4v) is 3.67. The van der Waals surface area contributed by atoms with E-state index < -0.39 is 16.1 Å². The molecule has 1 aromatic rings. The Morgan fingerprint density at radius 1 is 1.50 bits per heavy atom. The Morgan fingerprint density at radius 2 is 2.19 bits per heavy atom. The normalized spacial score (nSPS) is 13.9. The summed E-state index contributed by atoms with van der Waals surface area (Å²) in [6.07, 6.45) is 0.827. The lowest BCUT2D eigenvalue weighted by atomic mass is 10.2. The third kappa shape index (κ3) is 3.86. The third-order valence-electron chi connectivity index (χ3n) is 2.11. The number of nitrogens with one attached hydrogen (secondary N) is 1. The molecule has 0 amide bonds. The number of sulfonamides is 1. The van der Waals surface area contributed by atoms with Crippen molar-refractivity contribution in [1.82, 2.24) is 4.72 Å². The number of rotatable bonds is 6. The van der Waals surface area contributed by atoms with Crippen LogP contribution in [0.2, 0.25) is 0 Å². The molecule has 1 atom stereocenters. The van der Waals surface area contributed by atoms with Crippen molar-refractivity contribution in [3.63, 3.8) is 0 Å². The molecule has 6 heteroatoms. The van der Waals surface area contributed by atoms with Crippen LogP contribution >= 0.6 is 11.3 Å². The van der Waals surface area contributed by atoms with E-state index in [-0.39, 0.29) is 6.54 Å². The molecule has 0 bridgehead atoms. The van der Waals surface area contributed by atoms with Crippen molar-refractivity contribution in [2.45, 2.75) is 37.0 Å². The Balaban J connectivity index is 2.59. The first kappa shape index (κ1) is 13.6. The van der Waals surface area contributed by atoms with E-state index in [0.29, 0.717) is 10.6 Å². The lowest BCUT2D eigenvalue weighted by Crippen LogP contribution is -2.31. The summed E-state index contributed by atoms with van der Waals surface area (Å²) in [5.74, 6) is 0. The van der Waals surface area contributed by atoms with Crippen LogP contribution in [-0.2, 0) is 10.0 Å². The quantitative estimate of drug-likeness (QED) is 0.817. The van der Waals surface area contributed by atoms with E-state index in [0.717, 1.165) is 11.3 Å². The molecule has 0 aliphatic carbocycles.